The molecule has 0 heterocycles. The van der Waals surface area contributed by atoms with E-state index in [2.05, 4.69) is 54.2 Å². The summed E-state index contributed by atoms with van der Waals surface area (Å²) in [5.41, 5.74) is 2.39. The zero-order valence-corrected chi connectivity index (χ0v) is 12.5. The highest BCUT2D eigenvalue weighted by molar-refractivity contribution is 9.10. The Morgan fingerprint density at radius 3 is 2.76 bits per heavy atom. The Hall–Kier alpha value is -0.800. The summed E-state index contributed by atoms with van der Waals surface area (Å²) in [7, 11) is 1.70. The van der Waals surface area contributed by atoms with Crippen LogP contribution >= 0.6 is 15.9 Å². The van der Waals surface area contributed by atoms with E-state index < -0.39 is 0 Å². The largest absolute Gasteiger partial charge is 0.496 e. The van der Waals surface area contributed by atoms with Crippen molar-refractivity contribution in [2.75, 3.05) is 13.7 Å². The lowest BCUT2D eigenvalue weighted by Gasteiger charge is -2.10. The van der Waals surface area contributed by atoms with Crippen LogP contribution in [0.1, 0.15) is 26.3 Å². The van der Waals surface area contributed by atoms with Crippen molar-refractivity contribution in [3.8, 4) is 5.75 Å². The average Bonchev–Trinajstić information content (AvgIpc) is 2.27. The number of hydrogen-bond acceptors (Lipinski definition) is 2. The van der Waals surface area contributed by atoms with Gasteiger partial charge in [-0.25, -0.2) is 0 Å². The van der Waals surface area contributed by atoms with Crippen LogP contribution in [-0.2, 0) is 0 Å². The summed E-state index contributed by atoms with van der Waals surface area (Å²) in [6.45, 7) is 7.31. The van der Waals surface area contributed by atoms with Gasteiger partial charge in [-0.05, 0) is 25.1 Å². The van der Waals surface area contributed by atoms with Gasteiger partial charge in [-0.3, -0.25) is 0 Å². The van der Waals surface area contributed by atoms with Crippen molar-refractivity contribution in [3.63, 3.8) is 0 Å². The van der Waals surface area contributed by atoms with Crippen LogP contribution in [0.2, 0.25) is 0 Å². The van der Waals surface area contributed by atoms with Gasteiger partial charge in [-0.2, -0.15) is 0 Å². The summed E-state index contributed by atoms with van der Waals surface area (Å²) in [6, 6.07) is 6.53. The minimum absolute atomic E-state index is 0.503. The smallest absolute Gasteiger partial charge is 0.126 e. The lowest BCUT2D eigenvalue weighted by molar-refractivity contribution is 0.413. The van der Waals surface area contributed by atoms with Crippen LogP contribution in [0.25, 0.3) is 6.08 Å². The van der Waals surface area contributed by atoms with Gasteiger partial charge in [0.25, 0.3) is 0 Å². The minimum atomic E-state index is 0.503. The number of hydrogen-bond donors (Lipinski definition) is 1. The van der Waals surface area contributed by atoms with Gasteiger partial charge in [-0.1, -0.05) is 41.4 Å². The SMILES string of the molecule is COc1ccc(Br)cc1C=C(C)CNC(C)C. The predicted molar refractivity (Wildman–Crippen MR) is 77.5 cm³/mol. The molecule has 0 fully saturated rings. The van der Waals surface area contributed by atoms with Crippen LogP contribution in [0, 0.1) is 0 Å². The first-order valence-electron chi connectivity index (χ1n) is 5.77. The fraction of sp³-hybridized carbons (Fsp3) is 0.429. The van der Waals surface area contributed by atoms with Gasteiger partial charge < -0.3 is 10.1 Å². The van der Waals surface area contributed by atoms with Crippen LogP contribution in [-0.4, -0.2) is 19.7 Å². The Labute approximate surface area is 112 Å². The molecule has 0 amide bonds. The van der Waals surface area contributed by atoms with E-state index in [0.717, 1.165) is 22.3 Å². The van der Waals surface area contributed by atoms with Crippen molar-refractivity contribution in [2.45, 2.75) is 26.8 Å². The summed E-state index contributed by atoms with van der Waals surface area (Å²) in [5.74, 6) is 0.900. The Kier molecular flexibility index (Phi) is 5.72. The second kappa shape index (κ2) is 6.82. The molecule has 0 saturated carbocycles. The molecule has 1 N–H and O–H groups in total. The van der Waals surface area contributed by atoms with Gasteiger partial charge >= 0.3 is 0 Å². The van der Waals surface area contributed by atoms with Gasteiger partial charge in [-0.15, -0.1) is 0 Å². The van der Waals surface area contributed by atoms with E-state index in [9.17, 15) is 0 Å². The van der Waals surface area contributed by atoms with Crippen LogP contribution in [0.5, 0.6) is 5.75 Å². The van der Waals surface area contributed by atoms with Crippen molar-refractivity contribution in [3.05, 3.63) is 33.8 Å². The van der Waals surface area contributed by atoms with Gasteiger partial charge in [0.2, 0.25) is 0 Å². The van der Waals surface area contributed by atoms with E-state index in [1.165, 1.54) is 5.57 Å². The van der Waals surface area contributed by atoms with Crippen LogP contribution < -0.4 is 10.1 Å². The quantitative estimate of drug-likeness (QED) is 0.891. The lowest BCUT2D eigenvalue weighted by atomic mass is 10.1. The monoisotopic (exact) mass is 297 g/mol. The second-order valence-corrected chi connectivity index (χ2v) is 5.33. The van der Waals surface area contributed by atoms with E-state index >= 15 is 0 Å². The molecule has 1 rings (SSSR count). The maximum Gasteiger partial charge on any atom is 0.126 e. The van der Waals surface area contributed by atoms with Crippen molar-refractivity contribution in [1.29, 1.82) is 0 Å². The van der Waals surface area contributed by atoms with Crippen LogP contribution in [0.15, 0.2) is 28.2 Å². The Morgan fingerprint density at radius 2 is 2.18 bits per heavy atom. The molecule has 3 heteroatoms. The molecule has 17 heavy (non-hydrogen) atoms. The third kappa shape index (κ3) is 4.92. The highest BCUT2D eigenvalue weighted by atomic mass is 79.9. The van der Waals surface area contributed by atoms with E-state index in [0.29, 0.717) is 6.04 Å². The summed E-state index contributed by atoms with van der Waals surface area (Å²) in [5, 5.41) is 3.40. The van der Waals surface area contributed by atoms with E-state index in [4.69, 9.17) is 4.74 Å². The number of nitrogens with one attached hydrogen (secondary N) is 1. The summed E-state index contributed by atoms with van der Waals surface area (Å²) >= 11 is 3.48. The molecule has 1 aromatic rings. The molecule has 1 aromatic carbocycles. The molecule has 0 bridgehead atoms. The molecule has 2 nitrogen and oxygen atoms in total. The van der Waals surface area contributed by atoms with Crippen LogP contribution in [0.3, 0.4) is 0 Å². The maximum absolute atomic E-state index is 5.34. The molecule has 94 valence electrons. The number of methoxy groups -OCH3 is 1. The third-order valence-electron chi connectivity index (χ3n) is 2.38. The summed E-state index contributed by atoms with van der Waals surface area (Å²) in [6.07, 6.45) is 2.15. The maximum atomic E-state index is 5.34. The zero-order chi connectivity index (χ0) is 12.8. The molecular weight excluding hydrogens is 278 g/mol. The molecule has 0 atom stereocenters. The first-order valence-corrected chi connectivity index (χ1v) is 6.56. The van der Waals surface area contributed by atoms with E-state index in [1.54, 1.807) is 7.11 Å². The Morgan fingerprint density at radius 1 is 1.47 bits per heavy atom. The number of rotatable bonds is 5. The van der Waals surface area contributed by atoms with Crippen LogP contribution in [0.4, 0.5) is 0 Å². The van der Waals surface area contributed by atoms with Crippen molar-refractivity contribution in [2.24, 2.45) is 0 Å². The number of benzene rings is 1. The van der Waals surface area contributed by atoms with Gasteiger partial charge in [0.05, 0.1) is 7.11 Å². The fourth-order valence-corrected chi connectivity index (χ4v) is 1.88. The normalized spacial score (nSPS) is 12.0. The molecule has 0 aliphatic carbocycles. The fourth-order valence-electron chi connectivity index (χ4n) is 1.50. The van der Waals surface area contributed by atoms with E-state index in [-0.39, 0.29) is 0 Å². The lowest BCUT2D eigenvalue weighted by Crippen LogP contribution is -2.24. The highest BCUT2D eigenvalue weighted by Crippen LogP contribution is 2.25. The Balaban J connectivity index is 2.84. The summed E-state index contributed by atoms with van der Waals surface area (Å²) < 4.78 is 6.41. The number of ether oxygens (including phenoxy) is 1. The predicted octanol–water partition coefficient (Wildman–Crippen LogP) is 3.86. The molecule has 0 spiro atoms. The van der Waals surface area contributed by atoms with Crippen molar-refractivity contribution < 1.29 is 4.74 Å². The minimum Gasteiger partial charge on any atom is -0.496 e. The molecular formula is C14H20BrNO. The molecule has 0 unspecified atom stereocenters. The second-order valence-electron chi connectivity index (χ2n) is 4.41. The molecule has 0 aliphatic rings. The van der Waals surface area contributed by atoms with E-state index in [1.807, 2.05) is 12.1 Å². The number of halogens is 1. The third-order valence-corrected chi connectivity index (χ3v) is 2.88. The highest BCUT2D eigenvalue weighted by Gasteiger charge is 2.02. The van der Waals surface area contributed by atoms with Crippen molar-refractivity contribution >= 4 is 22.0 Å². The zero-order valence-electron chi connectivity index (χ0n) is 10.9. The Bertz CT molecular complexity index is 399. The molecule has 0 radical (unpaired) electrons. The standard InChI is InChI=1S/C14H20BrNO/c1-10(2)16-9-11(3)7-12-8-13(15)5-6-14(12)17-4/h5-8,10,16H,9H2,1-4H3. The first kappa shape index (κ1) is 14.3. The van der Waals surface area contributed by atoms with Gasteiger partial charge in [0.15, 0.2) is 0 Å². The van der Waals surface area contributed by atoms with Crippen molar-refractivity contribution in [1.82, 2.24) is 5.32 Å². The van der Waals surface area contributed by atoms with Gasteiger partial charge in [0, 0.05) is 22.6 Å². The first-order chi connectivity index (χ1) is 8.02. The molecule has 0 aromatic heterocycles. The van der Waals surface area contributed by atoms with Gasteiger partial charge in [0.1, 0.15) is 5.75 Å². The summed E-state index contributed by atoms with van der Waals surface area (Å²) in [4.78, 5) is 0. The molecule has 0 aliphatic heterocycles. The topological polar surface area (TPSA) is 21.3 Å². The molecule has 0 saturated heterocycles. The average molecular weight is 298 g/mol.